The number of nitrogens with zero attached hydrogens (tertiary/aromatic N) is 2. The Kier molecular flexibility index (Phi) is 6.06. The van der Waals surface area contributed by atoms with Gasteiger partial charge in [-0.3, -0.25) is 9.59 Å². The van der Waals surface area contributed by atoms with Crippen molar-refractivity contribution in [2.75, 3.05) is 32.7 Å². The van der Waals surface area contributed by atoms with Crippen LogP contribution in [0.1, 0.15) is 17.5 Å². The van der Waals surface area contributed by atoms with E-state index < -0.39 is 11.7 Å². The van der Waals surface area contributed by atoms with Crippen LogP contribution in [0, 0.1) is 18.7 Å². The topological polar surface area (TPSA) is 59.1 Å². The van der Waals surface area contributed by atoms with E-state index in [0.717, 1.165) is 5.56 Å². The van der Waals surface area contributed by atoms with Gasteiger partial charge in [0.05, 0.1) is 25.8 Å². The van der Waals surface area contributed by atoms with E-state index in [9.17, 15) is 14.0 Å². The van der Waals surface area contributed by atoms with Crippen molar-refractivity contribution in [1.29, 1.82) is 0 Å². The average molecular weight is 400 g/mol. The lowest BCUT2D eigenvalue weighted by atomic mass is 10.1. The number of carbonyl (C=O) groups is 2. The molecule has 0 radical (unpaired) electrons. The average Bonchev–Trinajstić information content (AvgIpc) is 3.09. The van der Waals surface area contributed by atoms with Crippen LogP contribution >= 0.6 is 0 Å². The number of amides is 2. The van der Waals surface area contributed by atoms with Crippen molar-refractivity contribution in [1.82, 2.24) is 4.90 Å². The summed E-state index contributed by atoms with van der Waals surface area (Å²) in [7, 11) is 4.61. The van der Waals surface area contributed by atoms with Crippen LogP contribution in [-0.4, -0.2) is 44.5 Å². The lowest BCUT2D eigenvalue weighted by molar-refractivity contribution is -0.135. The maximum Gasteiger partial charge on any atom is 0.228 e. The second-order valence-electron chi connectivity index (χ2n) is 7.24. The predicted octanol–water partition coefficient (Wildman–Crippen LogP) is 3.16. The molecule has 3 rings (SSSR count). The molecule has 7 heteroatoms. The Morgan fingerprint density at radius 1 is 1.17 bits per heavy atom. The Hall–Kier alpha value is -3.09. The van der Waals surface area contributed by atoms with Crippen molar-refractivity contribution < 1.29 is 23.5 Å². The largest absolute Gasteiger partial charge is 0.495 e. The van der Waals surface area contributed by atoms with Gasteiger partial charge in [0.1, 0.15) is 5.75 Å². The van der Waals surface area contributed by atoms with Crippen molar-refractivity contribution in [2.24, 2.45) is 5.92 Å². The molecule has 0 bridgehead atoms. The number of carbonyl (C=O) groups excluding carboxylic acids is 2. The molecule has 1 heterocycles. The molecule has 1 fully saturated rings. The Bertz CT molecular complexity index is 931. The van der Waals surface area contributed by atoms with Crippen LogP contribution in [0.3, 0.4) is 0 Å². The first-order chi connectivity index (χ1) is 13.8. The summed E-state index contributed by atoms with van der Waals surface area (Å²) in [6.45, 7) is 2.48. The smallest absolute Gasteiger partial charge is 0.228 e. The van der Waals surface area contributed by atoms with E-state index in [0.29, 0.717) is 23.5 Å². The molecule has 6 nitrogen and oxygen atoms in total. The SMILES string of the molecule is COc1ccc(CN(C)C(=O)C2CC(=O)N(c3cc(C)ccc3OC)C2)cc1F. The summed E-state index contributed by atoms with van der Waals surface area (Å²) in [4.78, 5) is 28.6. The molecule has 2 aromatic rings. The summed E-state index contributed by atoms with van der Waals surface area (Å²) in [5.41, 5.74) is 2.33. The number of aryl methyl sites for hydroxylation is 1. The Morgan fingerprint density at radius 3 is 2.52 bits per heavy atom. The minimum Gasteiger partial charge on any atom is -0.495 e. The van der Waals surface area contributed by atoms with Crippen molar-refractivity contribution in [3.8, 4) is 11.5 Å². The van der Waals surface area contributed by atoms with Gasteiger partial charge >= 0.3 is 0 Å². The van der Waals surface area contributed by atoms with Crippen molar-refractivity contribution in [3.63, 3.8) is 0 Å². The standard InChI is InChI=1S/C22H25FN2O4/c1-14-5-7-20(29-4)18(9-14)25-13-16(11-21(25)26)22(27)24(2)12-15-6-8-19(28-3)17(23)10-15/h5-10,16H,11-13H2,1-4H3. The molecule has 2 amide bonds. The molecule has 29 heavy (non-hydrogen) atoms. The monoisotopic (exact) mass is 400 g/mol. The highest BCUT2D eigenvalue weighted by atomic mass is 19.1. The van der Waals surface area contributed by atoms with E-state index in [1.807, 2.05) is 25.1 Å². The lowest BCUT2D eigenvalue weighted by Crippen LogP contribution is -2.34. The molecule has 1 unspecified atom stereocenters. The van der Waals surface area contributed by atoms with Crippen molar-refractivity contribution >= 4 is 17.5 Å². The lowest BCUT2D eigenvalue weighted by Gasteiger charge is -2.23. The van der Waals surface area contributed by atoms with Crippen LogP contribution in [0.15, 0.2) is 36.4 Å². The maximum atomic E-state index is 13.9. The zero-order chi connectivity index (χ0) is 21.1. The third kappa shape index (κ3) is 4.34. The number of rotatable bonds is 6. The third-order valence-electron chi connectivity index (χ3n) is 5.11. The summed E-state index contributed by atoms with van der Waals surface area (Å²) in [6, 6.07) is 10.2. The summed E-state index contributed by atoms with van der Waals surface area (Å²) >= 11 is 0. The molecular formula is C22H25FN2O4. The molecule has 0 spiro atoms. The highest BCUT2D eigenvalue weighted by molar-refractivity contribution is 6.01. The number of halogens is 1. The maximum absolute atomic E-state index is 13.9. The van der Waals surface area contributed by atoms with Gasteiger partial charge in [0.15, 0.2) is 11.6 Å². The Balaban J connectivity index is 1.71. The summed E-state index contributed by atoms with van der Waals surface area (Å²) < 4.78 is 24.2. The fraction of sp³-hybridized carbons (Fsp3) is 0.364. The molecule has 1 aliphatic heterocycles. The fourth-order valence-electron chi connectivity index (χ4n) is 3.59. The van der Waals surface area contributed by atoms with Gasteiger partial charge in [0, 0.05) is 26.6 Å². The number of methoxy groups -OCH3 is 2. The third-order valence-corrected chi connectivity index (χ3v) is 5.11. The van der Waals surface area contributed by atoms with Crippen molar-refractivity contribution in [3.05, 3.63) is 53.3 Å². The zero-order valence-corrected chi connectivity index (χ0v) is 17.1. The molecule has 0 aromatic heterocycles. The Labute approximate surface area is 169 Å². The van der Waals surface area contributed by atoms with Gasteiger partial charge < -0.3 is 19.3 Å². The molecule has 154 valence electrons. The number of ether oxygens (including phenoxy) is 2. The highest BCUT2D eigenvalue weighted by Crippen LogP contribution is 2.34. The molecule has 0 aliphatic carbocycles. The van der Waals surface area contributed by atoms with Crippen LogP contribution in [0.2, 0.25) is 0 Å². The predicted molar refractivity (Wildman–Crippen MR) is 108 cm³/mol. The zero-order valence-electron chi connectivity index (χ0n) is 17.1. The van der Waals surface area contributed by atoms with Gasteiger partial charge in [-0.05, 0) is 42.3 Å². The first kappa shape index (κ1) is 20.6. The summed E-state index contributed by atoms with van der Waals surface area (Å²) in [5.74, 6) is -0.439. The molecule has 1 atom stereocenters. The minimum atomic E-state index is -0.473. The van der Waals surface area contributed by atoms with Crippen molar-refractivity contribution in [2.45, 2.75) is 19.9 Å². The normalized spacial score (nSPS) is 16.1. The van der Waals surface area contributed by atoms with Gasteiger partial charge in [0.2, 0.25) is 11.8 Å². The highest BCUT2D eigenvalue weighted by Gasteiger charge is 2.37. The van der Waals surface area contributed by atoms with E-state index in [1.165, 1.54) is 24.1 Å². The van der Waals surface area contributed by atoms with E-state index in [4.69, 9.17) is 9.47 Å². The number of anilines is 1. The van der Waals surface area contributed by atoms with E-state index >= 15 is 0 Å². The number of hydrogen-bond acceptors (Lipinski definition) is 4. The van der Waals surface area contributed by atoms with Crippen LogP contribution in [0.4, 0.5) is 10.1 Å². The molecule has 1 aliphatic rings. The fourth-order valence-corrected chi connectivity index (χ4v) is 3.59. The summed E-state index contributed by atoms with van der Waals surface area (Å²) in [5, 5.41) is 0. The first-order valence-electron chi connectivity index (χ1n) is 9.36. The van der Waals surface area contributed by atoms with E-state index in [1.54, 1.807) is 25.1 Å². The molecule has 0 N–H and O–H groups in total. The summed E-state index contributed by atoms with van der Waals surface area (Å²) in [6.07, 6.45) is 0.136. The van der Waals surface area contributed by atoms with Crippen LogP contribution in [0.25, 0.3) is 0 Å². The molecule has 2 aromatic carbocycles. The first-order valence-corrected chi connectivity index (χ1v) is 9.36. The molecule has 1 saturated heterocycles. The van der Waals surface area contributed by atoms with Gasteiger partial charge in [-0.2, -0.15) is 0 Å². The minimum absolute atomic E-state index is 0.115. The van der Waals surface area contributed by atoms with Gasteiger partial charge in [-0.25, -0.2) is 4.39 Å². The second kappa shape index (κ2) is 8.51. The quantitative estimate of drug-likeness (QED) is 0.747. The Morgan fingerprint density at radius 2 is 1.86 bits per heavy atom. The number of benzene rings is 2. The molecular weight excluding hydrogens is 375 g/mol. The van der Waals surface area contributed by atoms with E-state index in [2.05, 4.69) is 0 Å². The molecule has 0 saturated carbocycles. The van der Waals surface area contributed by atoms with Crippen LogP contribution < -0.4 is 14.4 Å². The number of hydrogen-bond donors (Lipinski definition) is 0. The van der Waals surface area contributed by atoms with Gasteiger partial charge in [0.25, 0.3) is 0 Å². The van der Waals surface area contributed by atoms with Crippen LogP contribution in [-0.2, 0) is 16.1 Å². The van der Waals surface area contributed by atoms with Gasteiger partial charge in [-0.15, -0.1) is 0 Å². The van der Waals surface area contributed by atoms with E-state index in [-0.39, 0.29) is 30.5 Å². The van der Waals surface area contributed by atoms with Gasteiger partial charge in [-0.1, -0.05) is 12.1 Å². The van der Waals surface area contributed by atoms with Crippen LogP contribution in [0.5, 0.6) is 11.5 Å². The second-order valence-corrected chi connectivity index (χ2v) is 7.24.